The minimum absolute atomic E-state index is 0.0227. The molecule has 2 N–H and O–H groups in total. The molecule has 1 atom stereocenters. The lowest BCUT2D eigenvalue weighted by Crippen LogP contribution is -2.51. The number of aliphatic carboxylic acids is 1. The van der Waals surface area contributed by atoms with E-state index in [4.69, 9.17) is 9.84 Å². The van der Waals surface area contributed by atoms with E-state index in [1.807, 2.05) is 72.8 Å². The first-order chi connectivity index (χ1) is 15.6. The predicted molar refractivity (Wildman–Crippen MR) is 123 cm³/mol. The fourth-order valence-electron chi connectivity index (χ4n) is 5.10. The Balaban J connectivity index is 1.82. The molecule has 0 saturated heterocycles. The van der Waals surface area contributed by atoms with Crippen molar-refractivity contribution < 1.29 is 19.4 Å². The molecule has 164 valence electrons. The van der Waals surface area contributed by atoms with Gasteiger partial charge in [0, 0.05) is 7.05 Å². The fraction of sp³-hybridized carbons (Fsp3) is 0.259. The zero-order valence-electron chi connectivity index (χ0n) is 18.1. The number of nitrogens with one attached hydrogen (secondary N) is 1. The van der Waals surface area contributed by atoms with Crippen LogP contribution in [0.25, 0.3) is 0 Å². The van der Waals surface area contributed by atoms with Crippen molar-refractivity contribution in [3.63, 3.8) is 0 Å². The molecule has 0 aromatic heterocycles. The summed E-state index contributed by atoms with van der Waals surface area (Å²) in [5.41, 5.74) is 3.24. The fourth-order valence-corrected chi connectivity index (χ4v) is 5.10. The predicted octanol–water partition coefficient (Wildman–Crippen LogP) is 3.99. The van der Waals surface area contributed by atoms with Gasteiger partial charge in [-0.2, -0.15) is 0 Å². The van der Waals surface area contributed by atoms with Crippen LogP contribution >= 0.6 is 0 Å². The Morgan fingerprint density at radius 3 is 2.16 bits per heavy atom. The summed E-state index contributed by atoms with van der Waals surface area (Å²) in [6.07, 6.45) is 2.18. The largest absolute Gasteiger partial charge is 0.482 e. The molecule has 5 nitrogen and oxygen atoms in total. The standard InChI is InChI=1S/C27H27NO4/c1-28-26(31)27(20-10-4-2-5-11-20,21-12-6-3-7-13-21)22-15-16-23-19(17-22)9-8-14-24(23)32-18-25(29)30/h2-14,22H,15-18H2,1H3,(H,28,31)(H,29,30). The number of carboxylic acid groups (broad SMARTS) is 1. The van der Waals surface area contributed by atoms with Gasteiger partial charge in [0.2, 0.25) is 5.91 Å². The number of likely N-dealkylation sites (N-methyl/N-ethyl adjacent to an activating group) is 1. The molecule has 1 unspecified atom stereocenters. The summed E-state index contributed by atoms with van der Waals surface area (Å²) >= 11 is 0. The van der Waals surface area contributed by atoms with Gasteiger partial charge in [-0.1, -0.05) is 72.8 Å². The molecule has 3 aromatic rings. The Labute approximate surface area is 188 Å². The van der Waals surface area contributed by atoms with E-state index in [-0.39, 0.29) is 18.4 Å². The van der Waals surface area contributed by atoms with Crippen molar-refractivity contribution in [3.8, 4) is 5.75 Å². The normalized spacial score (nSPS) is 15.5. The van der Waals surface area contributed by atoms with Crippen LogP contribution in [-0.2, 0) is 27.8 Å². The van der Waals surface area contributed by atoms with Gasteiger partial charge in [0.05, 0.1) is 0 Å². The third-order valence-corrected chi connectivity index (χ3v) is 6.45. The number of hydrogen-bond acceptors (Lipinski definition) is 3. The third-order valence-electron chi connectivity index (χ3n) is 6.45. The highest BCUT2D eigenvalue weighted by atomic mass is 16.5. The van der Waals surface area contributed by atoms with E-state index in [1.54, 1.807) is 7.05 Å². The summed E-state index contributed by atoms with van der Waals surface area (Å²) in [5.74, 6) is -0.382. The van der Waals surface area contributed by atoms with Crippen LogP contribution in [0.4, 0.5) is 0 Å². The molecule has 3 aromatic carbocycles. The van der Waals surface area contributed by atoms with E-state index >= 15 is 0 Å². The van der Waals surface area contributed by atoms with Crippen molar-refractivity contribution in [2.24, 2.45) is 5.92 Å². The second-order valence-corrected chi connectivity index (χ2v) is 8.14. The van der Waals surface area contributed by atoms with Gasteiger partial charge in [-0.05, 0) is 53.5 Å². The van der Waals surface area contributed by atoms with Crippen LogP contribution in [0, 0.1) is 5.92 Å². The molecule has 0 spiro atoms. The molecular formula is C27H27NO4. The number of carbonyl (C=O) groups excluding carboxylic acids is 1. The zero-order valence-corrected chi connectivity index (χ0v) is 18.1. The van der Waals surface area contributed by atoms with Gasteiger partial charge < -0.3 is 15.2 Å². The average molecular weight is 430 g/mol. The Bertz CT molecular complexity index is 1060. The molecule has 5 heteroatoms. The first-order valence-corrected chi connectivity index (χ1v) is 10.9. The summed E-state index contributed by atoms with van der Waals surface area (Å²) < 4.78 is 5.55. The average Bonchev–Trinajstić information content (AvgIpc) is 2.84. The lowest BCUT2D eigenvalue weighted by Gasteiger charge is -2.42. The summed E-state index contributed by atoms with van der Waals surface area (Å²) in [4.78, 5) is 24.7. The maximum absolute atomic E-state index is 13.7. The minimum atomic E-state index is -0.997. The van der Waals surface area contributed by atoms with Crippen molar-refractivity contribution >= 4 is 11.9 Å². The Kier molecular flexibility index (Phi) is 6.26. The molecule has 0 radical (unpaired) electrons. The molecule has 0 fully saturated rings. The number of fused-ring (bicyclic) bond motifs is 1. The second-order valence-electron chi connectivity index (χ2n) is 8.14. The first kappa shape index (κ1) is 21.6. The first-order valence-electron chi connectivity index (χ1n) is 10.9. The lowest BCUT2D eigenvalue weighted by molar-refractivity contribution is -0.139. The van der Waals surface area contributed by atoms with Crippen molar-refractivity contribution in [3.05, 3.63) is 101 Å². The van der Waals surface area contributed by atoms with Crippen molar-refractivity contribution in [2.75, 3.05) is 13.7 Å². The Morgan fingerprint density at radius 2 is 1.59 bits per heavy atom. The van der Waals surface area contributed by atoms with Crippen LogP contribution in [-0.4, -0.2) is 30.6 Å². The van der Waals surface area contributed by atoms with E-state index in [9.17, 15) is 9.59 Å². The number of ether oxygens (including phenoxy) is 1. The van der Waals surface area contributed by atoms with Crippen molar-refractivity contribution in [2.45, 2.75) is 24.7 Å². The van der Waals surface area contributed by atoms with Gasteiger partial charge >= 0.3 is 5.97 Å². The smallest absolute Gasteiger partial charge is 0.341 e. The molecule has 1 aliphatic rings. The van der Waals surface area contributed by atoms with E-state index in [0.717, 1.165) is 28.7 Å². The van der Waals surface area contributed by atoms with Crippen molar-refractivity contribution in [1.29, 1.82) is 0 Å². The van der Waals surface area contributed by atoms with Gasteiger partial charge in [0.25, 0.3) is 0 Å². The van der Waals surface area contributed by atoms with Gasteiger partial charge in [-0.15, -0.1) is 0 Å². The topological polar surface area (TPSA) is 75.6 Å². The lowest BCUT2D eigenvalue weighted by atomic mass is 9.60. The third kappa shape index (κ3) is 3.86. The molecule has 0 aliphatic heterocycles. The van der Waals surface area contributed by atoms with Crippen molar-refractivity contribution in [1.82, 2.24) is 5.32 Å². The minimum Gasteiger partial charge on any atom is -0.482 e. The molecule has 4 rings (SSSR count). The summed E-state index contributed by atoms with van der Waals surface area (Å²) in [6.45, 7) is -0.365. The molecule has 0 heterocycles. The van der Waals surface area contributed by atoms with Gasteiger partial charge in [0.1, 0.15) is 11.2 Å². The number of amides is 1. The Morgan fingerprint density at radius 1 is 0.969 bits per heavy atom. The zero-order chi connectivity index (χ0) is 22.6. The summed E-state index contributed by atoms with van der Waals surface area (Å²) in [7, 11) is 1.69. The van der Waals surface area contributed by atoms with Crippen LogP contribution in [0.5, 0.6) is 5.75 Å². The number of carboxylic acids is 1. The van der Waals surface area contributed by atoms with E-state index in [2.05, 4.69) is 11.4 Å². The molecular weight excluding hydrogens is 402 g/mol. The summed E-state index contributed by atoms with van der Waals surface area (Å²) in [6, 6.07) is 25.7. The molecule has 1 aliphatic carbocycles. The Hall–Kier alpha value is -3.60. The molecule has 0 saturated carbocycles. The van der Waals surface area contributed by atoms with Gasteiger partial charge in [-0.25, -0.2) is 4.79 Å². The van der Waals surface area contributed by atoms with Crippen LogP contribution in [0.15, 0.2) is 78.9 Å². The van der Waals surface area contributed by atoms with Crippen LogP contribution in [0.1, 0.15) is 28.7 Å². The number of rotatable bonds is 7. The highest BCUT2D eigenvalue weighted by molar-refractivity contribution is 5.92. The monoisotopic (exact) mass is 429 g/mol. The van der Waals surface area contributed by atoms with E-state index in [0.29, 0.717) is 18.6 Å². The number of hydrogen-bond donors (Lipinski definition) is 2. The van der Waals surface area contributed by atoms with Gasteiger partial charge in [0.15, 0.2) is 6.61 Å². The van der Waals surface area contributed by atoms with E-state index < -0.39 is 11.4 Å². The molecule has 1 amide bonds. The highest BCUT2D eigenvalue weighted by Gasteiger charge is 2.49. The molecule has 0 bridgehead atoms. The van der Waals surface area contributed by atoms with E-state index in [1.165, 1.54) is 0 Å². The quantitative estimate of drug-likeness (QED) is 0.596. The highest BCUT2D eigenvalue weighted by Crippen LogP contribution is 2.46. The maximum atomic E-state index is 13.7. The SMILES string of the molecule is CNC(=O)C(c1ccccc1)(c1ccccc1)C1CCc2c(cccc2OCC(=O)O)C1. The van der Waals surface area contributed by atoms with Crippen LogP contribution < -0.4 is 10.1 Å². The number of carbonyl (C=O) groups is 2. The van der Waals surface area contributed by atoms with Gasteiger partial charge in [-0.3, -0.25) is 4.79 Å². The maximum Gasteiger partial charge on any atom is 0.341 e. The van der Waals surface area contributed by atoms with Crippen LogP contribution in [0.3, 0.4) is 0 Å². The second kappa shape index (κ2) is 9.27. The number of benzene rings is 3. The summed E-state index contributed by atoms with van der Waals surface area (Å²) in [5, 5.41) is 11.9. The van der Waals surface area contributed by atoms with Crippen LogP contribution in [0.2, 0.25) is 0 Å². The molecule has 32 heavy (non-hydrogen) atoms.